The molecule has 0 aliphatic heterocycles. The minimum atomic E-state index is 0.621. The number of benzene rings is 2. The van der Waals surface area contributed by atoms with Gasteiger partial charge in [0.2, 0.25) is 5.65 Å². The number of methoxy groups -OCH3 is 1. The van der Waals surface area contributed by atoms with Gasteiger partial charge in [0.15, 0.2) is 5.82 Å². The molecule has 26 heavy (non-hydrogen) atoms. The molecule has 0 aliphatic carbocycles. The zero-order valence-electron chi connectivity index (χ0n) is 14.7. The molecule has 0 spiro atoms. The number of nitrogens with zero attached hydrogens (tertiary/aromatic N) is 4. The van der Waals surface area contributed by atoms with Gasteiger partial charge in [-0.2, -0.15) is 0 Å². The summed E-state index contributed by atoms with van der Waals surface area (Å²) < 4.78 is 7.50. The van der Waals surface area contributed by atoms with Crippen LogP contribution in [0.25, 0.3) is 16.7 Å². The minimum Gasteiger partial charge on any atom is -0.495 e. The van der Waals surface area contributed by atoms with Gasteiger partial charge >= 0.3 is 0 Å². The van der Waals surface area contributed by atoms with Crippen molar-refractivity contribution in [1.82, 2.24) is 19.6 Å². The summed E-state index contributed by atoms with van der Waals surface area (Å²) in [5.74, 6) is 2.15. The van der Waals surface area contributed by atoms with Gasteiger partial charge in [-0.15, -0.1) is 10.2 Å². The molecule has 132 valence electrons. The average molecular weight is 368 g/mol. The van der Waals surface area contributed by atoms with E-state index < -0.39 is 0 Å². The molecule has 0 saturated carbocycles. The lowest BCUT2D eigenvalue weighted by Crippen LogP contribution is -2.03. The lowest BCUT2D eigenvalue weighted by atomic mass is 10.2. The van der Waals surface area contributed by atoms with E-state index in [2.05, 4.69) is 22.4 Å². The van der Waals surface area contributed by atoms with Crippen LogP contribution in [-0.2, 0) is 6.42 Å². The Balaban J connectivity index is 1.94. The first kappa shape index (κ1) is 16.6. The van der Waals surface area contributed by atoms with E-state index in [1.54, 1.807) is 13.2 Å². The Hall–Kier alpha value is -2.86. The number of halogens is 1. The van der Waals surface area contributed by atoms with Gasteiger partial charge in [-0.25, -0.2) is 4.98 Å². The van der Waals surface area contributed by atoms with Crippen molar-refractivity contribution in [3.8, 4) is 5.75 Å². The first-order valence-corrected chi connectivity index (χ1v) is 8.74. The maximum absolute atomic E-state index is 6.21. The van der Waals surface area contributed by atoms with E-state index in [4.69, 9.17) is 21.3 Å². The molecule has 7 heteroatoms. The number of nitrogens with one attached hydrogen (secondary N) is 1. The second-order valence-electron chi connectivity index (χ2n) is 6.00. The van der Waals surface area contributed by atoms with Crippen LogP contribution < -0.4 is 10.1 Å². The van der Waals surface area contributed by atoms with Crippen molar-refractivity contribution in [3.63, 3.8) is 0 Å². The van der Waals surface area contributed by atoms with Gasteiger partial charge in [0.05, 0.1) is 23.8 Å². The lowest BCUT2D eigenvalue weighted by molar-refractivity contribution is 0.416. The summed E-state index contributed by atoms with van der Waals surface area (Å²) >= 11 is 6.21. The Labute approximate surface area is 155 Å². The molecule has 0 bridgehead atoms. The molecule has 2 aromatic carbocycles. The van der Waals surface area contributed by atoms with Gasteiger partial charge in [0.25, 0.3) is 0 Å². The molecule has 4 rings (SSSR count). The predicted octanol–water partition coefficient (Wildman–Crippen LogP) is 4.55. The second-order valence-corrected chi connectivity index (χ2v) is 6.41. The monoisotopic (exact) mass is 367 g/mol. The molecule has 1 N–H and O–H groups in total. The molecule has 0 aliphatic rings. The molecule has 2 aromatic heterocycles. The average Bonchev–Trinajstić information content (AvgIpc) is 3.09. The van der Waals surface area contributed by atoms with Gasteiger partial charge in [-0.3, -0.25) is 4.40 Å². The van der Waals surface area contributed by atoms with Crippen LogP contribution in [0.15, 0.2) is 36.4 Å². The van der Waals surface area contributed by atoms with Crippen molar-refractivity contribution in [1.29, 1.82) is 0 Å². The SMILES string of the molecule is CCc1nnc2c(Nc3cc(C)c(Cl)cc3OC)nc3ccccc3n12. The Morgan fingerprint density at radius 3 is 2.77 bits per heavy atom. The highest BCUT2D eigenvalue weighted by Crippen LogP contribution is 2.34. The predicted molar refractivity (Wildman–Crippen MR) is 104 cm³/mol. The van der Waals surface area contributed by atoms with Gasteiger partial charge in [-0.05, 0) is 30.7 Å². The van der Waals surface area contributed by atoms with E-state index in [9.17, 15) is 0 Å². The third-order valence-corrected chi connectivity index (χ3v) is 4.75. The van der Waals surface area contributed by atoms with Crippen molar-refractivity contribution in [3.05, 3.63) is 52.8 Å². The highest BCUT2D eigenvalue weighted by Gasteiger charge is 2.16. The summed E-state index contributed by atoms with van der Waals surface area (Å²) in [5.41, 5.74) is 4.24. The Bertz CT molecular complexity index is 1120. The van der Waals surface area contributed by atoms with Gasteiger partial charge in [0.1, 0.15) is 11.6 Å². The number of aromatic nitrogens is 4. The molecule has 2 heterocycles. The highest BCUT2D eigenvalue weighted by molar-refractivity contribution is 6.31. The van der Waals surface area contributed by atoms with Crippen molar-refractivity contribution in [2.75, 3.05) is 12.4 Å². The van der Waals surface area contributed by atoms with Crippen LogP contribution in [0.1, 0.15) is 18.3 Å². The largest absolute Gasteiger partial charge is 0.495 e. The molecule has 6 nitrogen and oxygen atoms in total. The van der Waals surface area contributed by atoms with E-state index in [0.29, 0.717) is 22.2 Å². The summed E-state index contributed by atoms with van der Waals surface area (Å²) in [4.78, 5) is 4.75. The lowest BCUT2D eigenvalue weighted by Gasteiger charge is -2.14. The minimum absolute atomic E-state index is 0.621. The number of hydrogen-bond acceptors (Lipinski definition) is 5. The maximum atomic E-state index is 6.21. The van der Waals surface area contributed by atoms with E-state index in [1.807, 2.05) is 41.7 Å². The first-order valence-electron chi connectivity index (χ1n) is 8.36. The third kappa shape index (κ3) is 2.63. The first-order chi connectivity index (χ1) is 12.6. The zero-order chi connectivity index (χ0) is 18.3. The Kier molecular flexibility index (Phi) is 4.12. The fourth-order valence-corrected chi connectivity index (χ4v) is 3.17. The van der Waals surface area contributed by atoms with Crippen LogP contribution >= 0.6 is 11.6 Å². The van der Waals surface area contributed by atoms with Crippen LogP contribution in [0.4, 0.5) is 11.5 Å². The second kappa shape index (κ2) is 6.46. The highest BCUT2D eigenvalue weighted by atomic mass is 35.5. The fourth-order valence-electron chi connectivity index (χ4n) is 3.01. The van der Waals surface area contributed by atoms with Crippen LogP contribution in [-0.4, -0.2) is 26.7 Å². The molecule has 0 unspecified atom stereocenters. The number of ether oxygens (including phenoxy) is 1. The van der Waals surface area contributed by atoms with Crippen LogP contribution in [0.5, 0.6) is 5.75 Å². The van der Waals surface area contributed by atoms with Crippen LogP contribution in [0.3, 0.4) is 0 Å². The number of anilines is 2. The van der Waals surface area contributed by atoms with E-state index in [0.717, 1.165) is 34.5 Å². The quantitative estimate of drug-likeness (QED) is 0.573. The zero-order valence-corrected chi connectivity index (χ0v) is 15.5. The van der Waals surface area contributed by atoms with Crippen molar-refractivity contribution in [2.45, 2.75) is 20.3 Å². The summed E-state index contributed by atoms with van der Waals surface area (Å²) in [7, 11) is 1.61. The normalized spacial score (nSPS) is 11.2. The van der Waals surface area contributed by atoms with Crippen molar-refractivity contribution >= 4 is 39.8 Å². The Morgan fingerprint density at radius 1 is 1.19 bits per heavy atom. The van der Waals surface area contributed by atoms with Gasteiger partial charge < -0.3 is 10.1 Å². The number of rotatable bonds is 4. The van der Waals surface area contributed by atoms with E-state index in [-0.39, 0.29) is 0 Å². The van der Waals surface area contributed by atoms with Crippen LogP contribution in [0.2, 0.25) is 5.02 Å². The summed E-state index contributed by atoms with van der Waals surface area (Å²) in [5, 5.41) is 12.7. The van der Waals surface area contributed by atoms with Crippen LogP contribution in [0, 0.1) is 6.92 Å². The smallest absolute Gasteiger partial charge is 0.204 e. The standard InChI is InChI=1S/C19H18ClN5O/c1-4-17-23-24-19-18(21-13-7-5-6-8-15(13)25(17)19)22-14-9-11(2)12(20)10-16(14)26-3/h5-10H,4H2,1-3H3,(H,21,22). The Morgan fingerprint density at radius 2 is 2.00 bits per heavy atom. The molecule has 0 saturated heterocycles. The summed E-state index contributed by atoms with van der Waals surface area (Å²) in [6.45, 7) is 4.01. The number of aryl methyl sites for hydroxylation is 2. The van der Waals surface area contributed by atoms with E-state index >= 15 is 0 Å². The molecular weight excluding hydrogens is 350 g/mol. The fraction of sp³-hybridized carbons (Fsp3) is 0.211. The summed E-state index contributed by atoms with van der Waals surface area (Å²) in [6, 6.07) is 11.7. The molecule has 0 atom stereocenters. The maximum Gasteiger partial charge on any atom is 0.204 e. The molecule has 4 aromatic rings. The molecular formula is C19H18ClN5O. The molecule has 0 fully saturated rings. The number of hydrogen-bond donors (Lipinski definition) is 1. The van der Waals surface area contributed by atoms with Gasteiger partial charge in [-0.1, -0.05) is 30.7 Å². The number of para-hydroxylation sites is 2. The third-order valence-electron chi connectivity index (χ3n) is 4.35. The van der Waals surface area contributed by atoms with E-state index in [1.165, 1.54) is 0 Å². The van der Waals surface area contributed by atoms with Gasteiger partial charge in [0, 0.05) is 17.5 Å². The summed E-state index contributed by atoms with van der Waals surface area (Å²) in [6.07, 6.45) is 0.776. The van der Waals surface area contributed by atoms with Crippen molar-refractivity contribution in [2.24, 2.45) is 0 Å². The number of fused-ring (bicyclic) bond motifs is 3. The molecule has 0 radical (unpaired) electrons. The molecule has 0 amide bonds. The topological polar surface area (TPSA) is 64.3 Å². The van der Waals surface area contributed by atoms with Crippen molar-refractivity contribution < 1.29 is 4.74 Å².